The van der Waals surface area contributed by atoms with Crippen LogP contribution in [0.1, 0.15) is 30.6 Å². The first-order valence-corrected chi connectivity index (χ1v) is 10.4. The number of halogens is 1. The highest BCUT2D eigenvalue weighted by Crippen LogP contribution is 2.26. The second-order valence-electron chi connectivity index (χ2n) is 6.98. The van der Waals surface area contributed by atoms with E-state index in [0.29, 0.717) is 16.5 Å². The fourth-order valence-corrected chi connectivity index (χ4v) is 3.25. The van der Waals surface area contributed by atoms with Gasteiger partial charge in [-0.3, -0.25) is 4.79 Å². The Kier molecular flexibility index (Phi) is 6.43. The van der Waals surface area contributed by atoms with Crippen molar-refractivity contribution < 1.29 is 14.1 Å². The van der Waals surface area contributed by atoms with Crippen molar-refractivity contribution >= 4 is 17.6 Å². The van der Waals surface area contributed by atoms with Crippen molar-refractivity contribution in [3.63, 3.8) is 0 Å². The number of hydrogen-bond donors (Lipinski definition) is 0. The molecule has 0 fully saturated rings. The Morgan fingerprint density at radius 1 is 1.13 bits per heavy atom. The molecule has 4 rings (SSSR count). The molecule has 0 bridgehead atoms. The number of esters is 1. The number of carbonyl (C=O) groups excluding carboxylic acids is 1. The minimum Gasteiger partial charge on any atom is -0.455 e. The normalized spacial score (nSPS) is 10.9. The Morgan fingerprint density at radius 3 is 2.65 bits per heavy atom. The van der Waals surface area contributed by atoms with Crippen LogP contribution in [0.5, 0.6) is 0 Å². The summed E-state index contributed by atoms with van der Waals surface area (Å²) in [5, 5.41) is 9.20. The molecule has 0 aliphatic rings. The molecule has 0 saturated carbocycles. The summed E-state index contributed by atoms with van der Waals surface area (Å²) in [4.78, 5) is 16.7. The lowest BCUT2D eigenvalue weighted by atomic mass is 10.1. The van der Waals surface area contributed by atoms with E-state index in [1.165, 1.54) is 0 Å². The van der Waals surface area contributed by atoms with Gasteiger partial charge in [0.1, 0.15) is 0 Å². The summed E-state index contributed by atoms with van der Waals surface area (Å²) < 4.78 is 12.2. The maximum Gasteiger partial charge on any atom is 0.310 e. The lowest BCUT2D eigenvalue weighted by Gasteiger charge is -2.03. The van der Waals surface area contributed by atoms with Crippen LogP contribution in [0.4, 0.5) is 0 Å². The van der Waals surface area contributed by atoms with Crippen LogP contribution >= 0.6 is 11.6 Å². The van der Waals surface area contributed by atoms with Crippen LogP contribution in [0.25, 0.3) is 16.9 Å². The number of rotatable bonds is 8. The number of hydrogen-bond acceptors (Lipinski definition) is 6. The van der Waals surface area contributed by atoms with Gasteiger partial charge in [0.25, 0.3) is 5.89 Å². The highest BCUT2D eigenvalue weighted by molar-refractivity contribution is 6.30. The third kappa shape index (κ3) is 5.19. The molecule has 0 aliphatic carbocycles. The van der Waals surface area contributed by atoms with E-state index in [-0.39, 0.29) is 18.9 Å². The number of aryl methyl sites for hydroxylation is 1. The van der Waals surface area contributed by atoms with E-state index in [0.717, 1.165) is 29.7 Å². The predicted molar refractivity (Wildman–Crippen MR) is 116 cm³/mol. The summed E-state index contributed by atoms with van der Waals surface area (Å²) in [5.74, 6) is 0.496. The average Bonchev–Trinajstić information content (AvgIpc) is 3.41. The van der Waals surface area contributed by atoms with E-state index in [4.69, 9.17) is 26.0 Å². The number of aromatic nitrogens is 4. The molecule has 0 unspecified atom stereocenters. The average molecular weight is 437 g/mol. The Balaban J connectivity index is 1.53. The molecular formula is C23H21ClN4O3. The molecular weight excluding hydrogens is 416 g/mol. The van der Waals surface area contributed by atoms with Gasteiger partial charge in [-0.05, 0) is 30.7 Å². The van der Waals surface area contributed by atoms with Crippen molar-refractivity contribution in [2.75, 3.05) is 0 Å². The Morgan fingerprint density at radius 2 is 1.90 bits per heavy atom. The molecule has 158 valence electrons. The van der Waals surface area contributed by atoms with Crippen molar-refractivity contribution in [2.45, 2.75) is 32.8 Å². The van der Waals surface area contributed by atoms with Gasteiger partial charge in [-0.2, -0.15) is 10.1 Å². The third-order valence-electron chi connectivity index (χ3n) is 4.60. The molecule has 0 saturated heterocycles. The van der Waals surface area contributed by atoms with Gasteiger partial charge < -0.3 is 9.26 Å². The molecule has 0 amide bonds. The predicted octanol–water partition coefficient (Wildman–Crippen LogP) is 4.81. The second kappa shape index (κ2) is 9.57. The van der Waals surface area contributed by atoms with Crippen molar-refractivity contribution in [1.82, 2.24) is 19.9 Å². The van der Waals surface area contributed by atoms with Crippen molar-refractivity contribution in [2.24, 2.45) is 0 Å². The standard InChI is InChI=1S/C23H21ClN4O3/c1-2-6-20-25-21(31-27-20)15-30-22(29)13-17-14-28(19-7-4-3-5-8-19)26-23(17)16-9-11-18(24)12-10-16/h3-5,7-12,14H,2,6,13,15H2,1H3. The highest BCUT2D eigenvalue weighted by Gasteiger charge is 2.17. The molecule has 31 heavy (non-hydrogen) atoms. The topological polar surface area (TPSA) is 83.0 Å². The summed E-state index contributed by atoms with van der Waals surface area (Å²) in [7, 11) is 0. The molecule has 2 aromatic heterocycles. The van der Waals surface area contributed by atoms with Gasteiger partial charge in [0.15, 0.2) is 12.4 Å². The van der Waals surface area contributed by atoms with E-state index in [1.807, 2.05) is 55.6 Å². The van der Waals surface area contributed by atoms with Crippen LogP contribution < -0.4 is 0 Å². The Bertz CT molecular complexity index is 1150. The van der Waals surface area contributed by atoms with Crippen molar-refractivity contribution in [1.29, 1.82) is 0 Å². The monoisotopic (exact) mass is 436 g/mol. The zero-order valence-electron chi connectivity index (χ0n) is 17.0. The fraction of sp³-hybridized carbons (Fsp3) is 0.217. The molecule has 4 aromatic rings. The Labute approximate surface area is 184 Å². The number of ether oxygens (including phenoxy) is 1. The van der Waals surface area contributed by atoms with E-state index >= 15 is 0 Å². The van der Waals surface area contributed by atoms with Gasteiger partial charge in [-0.1, -0.05) is 54.0 Å². The minimum absolute atomic E-state index is 0.0563. The lowest BCUT2D eigenvalue weighted by molar-refractivity contribution is -0.144. The fourth-order valence-electron chi connectivity index (χ4n) is 3.13. The molecule has 0 radical (unpaired) electrons. The lowest BCUT2D eigenvalue weighted by Crippen LogP contribution is -2.08. The van der Waals surface area contributed by atoms with Gasteiger partial charge >= 0.3 is 5.97 Å². The highest BCUT2D eigenvalue weighted by atomic mass is 35.5. The van der Waals surface area contributed by atoms with Crippen LogP contribution in [-0.2, 0) is 29.0 Å². The summed E-state index contributed by atoms with van der Waals surface area (Å²) in [6.07, 6.45) is 3.53. The second-order valence-corrected chi connectivity index (χ2v) is 7.42. The molecule has 2 aromatic carbocycles. The molecule has 0 atom stereocenters. The maximum atomic E-state index is 12.5. The molecule has 8 heteroatoms. The van der Waals surface area contributed by atoms with Crippen molar-refractivity contribution in [3.8, 4) is 16.9 Å². The molecule has 0 N–H and O–H groups in total. The summed E-state index contributed by atoms with van der Waals surface area (Å²) >= 11 is 6.03. The van der Waals surface area contributed by atoms with Crippen LogP contribution in [0.2, 0.25) is 5.02 Å². The zero-order chi connectivity index (χ0) is 21.6. The maximum absolute atomic E-state index is 12.5. The number of carbonyl (C=O) groups is 1. The minimum atomic E-state index is -0.405. The summed E-state index contributed by atoms with van der Waals surface area (Å²) in [6, 6.07) is 17.1. The first-order chi connectivity index (χ1) is 15.1. The Hall–Kier alpha value is -3.45. The van der Waals surface area contributed by atoms with E-state index in [9.17, 15) is 4.79 Å². The van der Waals surface area contributed by atoms with Gasteiger partial charge in [0.2, 0.25) is 0 Å². The van der Waals surface area contributed by atoms with E-state index in [1.54, 1.807) is 16.8 Å². The number of para-hydroxylation sites is 1. The van der Waals surface area contributed by atoms with Gasteiger partial charge in [0, 0.05) is 28.8 Å². The quantitative estimate of drug-likeness (QED) is 0.368. The zero-order valence-corrected chi connectivity index (χ0v) is 17.7. The van der Waals surface area contributed by atoms with Crippen LogP contribution in [0.3, 0.4) is 0 Å². The smallest absolute Gasteiger partial charge is 0.310 e. The first kappa shape index (κ1) is 20.8. The number of benzene rings is 2. The first-order valence-electron chi connectivity index (χ1n) is 9.99. The number of nitrogens with zero attached hydrogens (tertiary/aromatic N) is 4. The third-order valence-corrected chi connectivity index (χ3v) is 4.86. The van der Waals surface area contributed by atoms with Gasteiger partial charge in [0.05, 0.1) is 17.8 Å². The summed E-state index contributed by atoms with van der Waals surface area (Å²) in [5.41, 5.74) is 3.20. The SMILES string of the molecule is CCCc1noc(COC(=O)Cc2cn(-c3ccccc3)nc2-c2ccc(Cl)cc2)n1. The van der Waals surface area contributed by atoms with E-state index in [2.05, 4.69) is 10.1 Å². The molecule has 7 nitrogen and oxygen atoms in total. The van der Waals surface area contributed by atoms with Crippen LogP contribution in [-0.4, -0.2) is 25.9 Å². The molecule has 0 aliphatic heterocycles. The van der Waals surface area contributed by atoms with Gasteiger partial charge in [-0.15, -0.1) is 0 Å². The van der Waals surface area contributed by atoms with Gasteiger partial charge in [-0.25, -0.2) is 4.68 Å². The molecule has 2 heterocycles. The van der Waals surface area contributed by atoms with Crippen LogP contribution in [0.15, 0.2) is 65.3 Å². The van der Waals surface area contributed by atoms with E-state index < -0.39 is 5.97 Å². The summed E-state index contributed by atoms with van der Waals surface area (Å²) in [6.45, 7) is 1.97. The largest absolute Gasteiger partial charge is 0.455 e. The van der Waals surface area contributed by atoms with Crippen molar-refractivity contribution in [3.05, 3.63) is 83.1 Å². The molecule has 0 spiro atoms. The van der Waals surface area contributed by atoms with Crippen LogP contribution in [0, 0.1) is 0 Å².